The number of H-pyrrole nitrogens is 1. The molecular weight excluding hydrogens is 274 g/mol. The van der Waals surface area contributed by atoms with Gasteiger partial charge in [0.25, 0.3) is 0 Å². The van der Waals surface area contributed by atoms with E-state index in [-0.39, 0.29) is 5.41 Å². The molecule has 0 radical (unpaired) electrons. The van der Waals surface area contributed by atoms with Crippen molar-refractivity contribution in [1.29, 1.82) is 0 Å². The zero-order chi connectivity index (χ0) is 15.2. The summed E-state index contributed by atoms with van der Waals surface area (Å²) in [6, 6.07) is 2.08. The number of piperidine rings is 1. The molecule has 0 bridgehead atoms. The van der Waals surface area contributed by atoms with Gasteiger partial charge in [0.15, 0.2) is 0 Å². The fourth-order valence-corrected chi connectivity index (χ4v) is 4.04. The number of rotatable bonds is 2. The zero-order valence-corrected chi connectivity index (χ0v) is 13.3. The molecule has 4 rings (SSSR count). The lowest BCUT2D eigenvalue weighted by Crippen LogP contribution is -2.55. The number of aromatic amines is 1. The Kier molecular flexibility index (Phi) is 3.18. The van der Waals surface area contributed by atoms with Gasteiger partial charge >= 0.3 is 0 Å². The van der Waals surface area contributed by atoms with Crippen LogP contribution in [0.1, 0.15) is 20.3 Å². The molecule has 2 N–H and O–H groups in total. The fourth-order valence-electron chi connectivity index (χ4n) is 4.04. The van der Waals surface area contributed by atoms with E-state index in [1.807, 2.05) is 6.20 Å². The molecule has 0 amide bonds. The number of aromatic nitrogens is 3. The quantitative estimate of drug-likeness (QED) is 0.835. The van der Waals surface area contributed by atoms with Gasteiger partial charge in [0.2, 0.25) is 0 Å². The van der Waals surface area contributed by atoms with E-state index in [9.17, 15) is 0 Å². The maximum Gasteiger partial charge on any atom is 0.142 e. The van der Waals surface area contributed by atoms with Crippen molar-refractivity contribution in [3.8, 4) is 0 Å². The van der Waals surface area contributed by atoms with Gasteiger partial charge in [-0.1, -0.05) is 25.5 Å². The van der Waals surface area contributed by atoms with Crippen molar-refractivity contribution in [2.45, 2.75) is 20.3 Å². The molecule has 2 aliphatic heterocycles. The predicted octanol–water partition coefficient (Wildman–Crippen LogP) is 2.34. The molecule has 2 aliphatic rings. The highest BCUT2D eigenvalue weighted by Gasteiger charge is 2.43. The van der Waals surface area contributed by atoms with Crippen LogP contribution in [0, 0.1) is 11.3 Å². The predicted molar refractivity (Wildman–Crippen MR) is 88.9 cm³/mol. The average molecular weight is 297 g/mol. The monoisotopic (exact) mass is 297 g/mol. The van der Waals surface area contributed by atoms with Crippen molar-refractivity contribution < 1.29 is 0 Å². The molecule has 116 valence electrons. The number of nitrogens with one attached hydrogen (secondary N) is 2. The molecule has 1 fully saturated rings. The molecule has 0 aliphatic carbocycles. The summed E-state index contributed by atoms with van der Waals surface area (Å²) in [4.78, 5) is 14.5. The van der Waals surface area contributed by atoms with Crippen LogP contribution in [0.4, 0.5) is 5.82 Å². The van der Waals surface area contributed by atoms with Crippen LogP contribution in [0.15, 0.2) is 30.2 Å². The van der Waals surface area contributed by atoms with Crippen LogP contribution >= 0.6 is 0 Å². The summed E-state index contributed by atoms with van der Waals surface area (Å²) in [6.45, 7) is 8.83. The minimum Gasteiger partial charge on any atom is -0.355 e. The van der Waals surface area contributed by atoms with Gasteiger partial charge in [-0.05, 0) is 18.4 Å². The Labute approximate surface area is 130 Å². The lowest BCUT2D eigenvalue weighted by atomic mass is 9.66. The maximum absolute atomic E-state index is 4.59. The summed E-state index contributed by atoms with van der Waals surface area (Å²) in [5.41, 5.74) is 2.79. The number of nitrogens with zero attached hydrogens (tertiary/aromatic N) is 3. The summed E-state index contributed by atoms with van der Waals surface area (Å²) in [7, 11) is 0. The maximum atomic E-state index is 4.59. The first-order valence-corrected chi connectivity index (χ1v) is 8.14. The van der Waals surface area contributed by atoms with E-state index in [0.29, 0.717) is 5.92 Å². The van der Waals surface area contributed by atoms with Crippen LogP contribution in [0.5, 0.6) is 0 Å². The van der Waals surface area contributed by atoms with Crippen LogP contribution in [-0.4, -0.2) is 41.1 Å². The Bertz CT molecular complexity index is 717. The number of fused-ring (bicyclic) bond motifs is 2. The van der Waals surface area contributed by atoms with E-state index >= 15 is 0 Å². The van der Waals surface area contributed by atoms with Gasteiger partial charge in [0.05, 0.1) is 5.39 Å². The highest BCUT2D eigenvalue weighted by molar-refractivity contribution is 5.87. The molecule has 0 unspecified atom stereocenters. The van der Waals surface area contributed by atoms with Gasteiger partial charge in [0, 0.05) is 37.8 Å². The molecule has 2 aromatic rings. The van der Waals surface area contributed by atoms with E-state index in [4.69, 9.17) is 0 Å². The summed E-state index contributed by atoms with van der Waals surface area (Å²) in [6.07, 6.45) is 7.15. The molecule has 5 heteroatoms. The highest BCUT2D eigenvalue weighted by atomic mass is 15.2. The topological polar surface area (TPSA) is 56.8 Å². The van der Waals surface area contributed by atoms with Crippen molar-refractivity contribution in [3.05, 3.63) is 30.2 Å². The third-order valence-electron chi connectivity index (χ3n) is 5.43. The van der Waals surface area contributed by atoms with Crippen molar-refractivity contribution >= 4 is 16.9 Å². The van der Waals surface area contributed by atoms with Crippen molar-refractivity contribution in [3.63, 3.8) is 0 Å². The lowest BCUT2D eigenvalue weighted by molar-refractivity contribution is 0.207. The number of anilines is 1. The largest absolute Gasteiger partial charge is 0.355 e. The third kappa shape index (κ3) is 1.96. The normalized spacial score (nSPS) is 25.4. The van der Waals surface area contributed by atoms with Gasteiger partial charge in [-0.25, -0.2) is 9.97 Å². The van der Waals surface area contributed by atoms with Crippen molar-refractivity contribution in [2.24, 2.45) is 11.3 Å². The Balaban J connectivity index is 1.74. The first-order chi connectivity index (χ1) is 10.7. The standard InChI is InChI=1S/C17H23N5/c1-12(2)17-9-18-6-3-13(17)5-8-22(10-17)16-14-4-7-19-15(14)20-11-21-16/h3-4,7,11-12,18H,5-6,8-10H2,1-2H3,(H,19,20,21)/t17-/m1/s1. The minimum atomic E-state index is 0.226. The third-order valence-corrected chi connectivity index (χ3v) is 5.43. The van der Waals surface area contributed by atoms with E-state index in [1.165, 1.54) is 0 Å². The molecule has 0 saturated carbocycles. The highest BCUT2D eigenvalue weighted by Crippen LogP contribution is 2.43. The van der Waals surface area contributed by atoms with Gasteiger partial charge < -0.3 is 15.2 Å². The Morgan fingerprint density at radius 1 is 1.32 bits per heavy atom. The van der Waals surface area contributed by atoms with E-state index in [1.54, 1.807) is 11.9 Å². The first kappa shape index (κ1) is 13.8. The van der Waals surface area contributed by atoms with E-state index in [2.05, 4.69) is 51.2 Å². The molecule has 0 spiro atoms. The lowest BCUT2D eigenvalue weighted by Gasteiger charge is -2.50. The van der Waals surface area contributed by atoms with E-state index < -0.39 is 0 Å². The second kappa shape index (κ2) is 5.09. The molecule has 5 nitrogen and oxygen atoms in total. The van der Waals surface area contributed by atoms with Crippen LogP contribution in [-0.2, 0) is 0 Å². The zero-order valence-electron chi connectivity index (χ0n) is 13.3. The molecule has 22 heavy (non-hydrogen) atoms. The summed E-state index contributed by atoms with van der Waals surface area (Å²) < 4.78 is 0. The smallest absolute Gasteiger partial charge is 0.142 e. The second-order valence-corrected chi connectivity index (χ2v) is 6.78. The molecule has 4 heterocycles. The Morgan fingerprint density at radius 3 is 3.09 bits per heavy atom. The molecule has 2 aromatic heterocycles. The molecule has 1 saturated heterocycles. The van der Waals surface area contributed by atoms with Crippen molar-refractivity contribution in [1.82, 2.24) is 20.3 Å². The summed E-state index contributed by atoms with van der Waals surface area (Å²) in [5, 5.41) is 4.69. The van der Waals surface area contributed by atoms with Gasteiger partial charge in [-0.3, -0.25) is 0 Å². The summed E-state index contributed by atoms with van der Waals surface area (Å²) in [5.74, 6) is 1.67. The molecule has 0 aromatic carbocycles. The first-order valence-electron chi connectivity index (χ1n) is 8.14. The molecule has 1 atom stereocenters. The number of hydrogen-bond acceptors (Lipinski definition) is 4. The van der Waals surface area contributed by atoms with E-state index in [0.717, 1.165) is 49.5 Å². The number of hydrogen-bond donors (Lipinski definition) is 2. The molecular formula is C17H23N5. The van der Waals surface area contributed by atoms with Crippen LogP contribution in [0.25, 0.3) is 11.0 Å². The summed E-state index contributed by atoms with van der Waals surface area (Å²) >= 11 is 0. The van der Waals surface area contributed by atoms with Crippen LogP contribution in [0.3, 0.4) is 0 Å². The van der Waals surface area contributed by atoms with Gasteiger partial charge in [-0.15, -0.1) is 0 Å². The second-order valence-electron chi connectivity index (χ2n) is 6.78. The van der Waals surface area contributed by atoms with Crippen LogP contribution < -0.4 is 10.2 Å². The Morgan fingerprint density at radius 2 is 2.23 bits per heavy atom. The minimum absolute atomic E-state index is 0.226. The van der Waals surface area contributed by atoms with Gasteiger partial charge in [-0.2, -0.15) is 0 Å². The Hall–Kier alpha value is -1.88. The van der Waals surface area contributed by atoms with Crippen LogP contribution in [0.2, 0.25) is 0 Å². The van der Waals surface area contributed by atoms with Crippen molar-refractivity contribution in [2.75, 3.05) is 31.1 Å². The fraction of sp³-hybridized carbons (Fsp3) is 0.529. The average Bonchev–Trinajstić information content (AvgIpc) is 3.02. The SMILES string of the molecule is CC(C)[C@]12CNCC=C1CCN(c1ncnc3[nH]ccc13)C2. The van der Waals surface area contributed by atoms with Gasteiger partial charge in [0.1, 0.15) is 17.8 Å².